The second-order valence-electron chi connectivity index (χ2n) is 4.74. The molecule has 1 amide bonds. The fraction of sp³-hybridized carbons (Fsp3) is 0.133. The molecule has 0 radical (unpaired) electrons. The Hall–Kier alpha value is -2.05. The molecule has 0 saturated carbocycles. The lowest BCUT2D eigenvalue weighted by Gasteiger charge is -2.12. The summed E-state index contributed by atoms with van der Waals surface area (Å²) in [7, 11) is -3.75. The van der Waals surface area contributed by atoms with Crippen molar-refractivity contribution in [2.75, 3.05) is 10.0 Å². The molecule has 0 unspecified atom stereocenters. The van der Waals surface area contributed by atoms with Gasteiger partial charge in [0.25, 0.3) is 10.0 Å². The second kappa shape index (κ2) is 6.37. The molecule has 116 valence electrons. The van der Waals surface area contributed by atoms with E-state index in [2.05, 4.69) is 10.0 Å². The maximum atomic E-state index is 12.4. The van der Waals surface area contributed by atoms with Gasteiger partial charge >= 0.3 is 0 Å². The number of para-hydroxylation sites is 1. The molecule has 2 rings (SSSR count). The fourth-order valence-corrected chi connectivity index (χ4v) is 3.28. The zero-order valence-electron chi connectivity index (χ0n) is 12.1. The Labute approximate surface area is 134 Å². The summed E-state index contributed by atoms with van der Waals surface area (Å²) in [5, 5.41) is 2.95. The largest absolute Gasteiger partial charge is 0.326 e. The van der Waals surface area contributed by atoms with Gasteiger partial charge in [-0.1, -0.05) is 23.7 Å². The quantitative estimate of drug-likeness (QED) is 0.897. The topological polar surface area (TPSA) is 75.3 Å². The minimum atomic E-state index is -3.75. The van der Waals surface area contributed by atoms with E-state index in [1.54, 1.807) is 37.3 Å². The van der Waals surface area contributed by atoms with Crippen molar-refractivity contribution in [1.82, 2.24) is 0 Å². The summed E-state index contributed by atoms with van der Waals surface area (Å²) in [6.45, 7) is 3.11. The standard InChI is InChI=1S/C15H15ClN2O3S/c1-10-9-12(7-8-14(10)17-11(2)19)22(20,21)18-15-6-4-3-5-13(15)16/h3-9,18H,1-2H3,(H,17,19). The summed E-state index contributed by atoms with van der Waals surface area (Å²) in [6, 6.07) is 11.1. The molecule has 2 aromatic carbocycles. The highest BCUT2D eigenvalue weighted by Crippen LogP contribution is 2.25. The van der Waals surface area contributed by atoms with Gasteiger partial charge in [0.15, 0.2) is 0 Å². The Morgan fingerprint density at radius 3 is 2.36 bits per heavy atom. The Kier molecular flexibility index (Phi) is 4.73. The predicted molar refractivity (Wildman–Crippen MR) is 87.7 cm³/mol. The zero-order chi connectivity index (χ0) is 16.3. The monoisotopic (exact) mass is 338 g/mol. The van der Waals surface area contributed by atoms with E-state index in [4.69, 9.17) is 11.6 Å². The number of aryl methyl sites for hydroxylation is 1. The minimum absolute atomic E-state index is 0.0963. The van der Waals surface area contributed by atoms with E-state index in [0.29, 0.717) is 22.0 Å². The Morgan fingerprint density at radius 1 is 1.09 bits per heavy atom. The van der Waals surface area contributed by atoms with Crippen molar-refractivity contribution in [2.45, 2.75) is 18.7 Å². The second-order valence-corrected chi connectivity index (χ2v) is 6.83. The Balaban J connectivity index is 2.32. The van der Waals surface area contributed by atoms with E-state index in [1.807, 2.05) is 0 Å². The summed E-state index contributed by atoms with van der Waals surface area (Å²) >= 11 is 5.96. The average Bonchev–Trinajstić information content (AvgIpc) is 2.43. The van der Waals surface area contributed by atoms with Gasteiger partial charge in [0.2, 0.25) is 5.91 Å². The van der Waals surface area contributed by atoms with Crippen LogP contribution in [0.15, 0.2) is 47.4 Å². The van der Waals surface area contributed by atoms with Gasteiger partial charge in [-0.15, -0.1) is 0 Å². The summed E-state index contributed by atoms with van der Waals surface area (Å²) in [6.07, 6.45) is 0. The highest BCUT2D eigenvalue weighted by atomic mass is 35.5. The zero-order valence-corrected chi connectivity index (χ0v) is 13.6. The summed E-state index contributed by atoms with van der Waals surface area (Å²) in [5.74, 6) is -0.215. The molecule has 0 fully saturated rings. The first-order valence-electron chi connectivity index (χ1n) is 6.45. The average molecular weight is 339 g/mol. The molecular weight excluding hydrogens is 324 g/mol. The van der Waals surface area contributed by atoms with Crippen molar-refractivity contribution < 1.29 is 13.2 Å². The van der Waals surface area contributed by atoms with Gasteiger partial charge in [-0.3, -0.25) is 9.52 Å². The van der Waals surface area contributed by atoms with E-state index in [-0.39, 0.29) is 10.8 Å². The molecule has 5 nitrogen and oxygen atoms in total. The molecule has 0 aliphatic heterocycles. The minimum Gasteiger partial charge on any atom is -0.326 e. The smallest absolute Gasteiger partial charge is 0.261 e. The van der Waals surface area contributed by atoms with E-state index < -0.39 is 10.0 Å². The molecule has 0 aliphatic carbocycles. The van der Waals surface area contributed by atoms with Gasteiger partial charge in [-0.05, 0) is 42.8 Å². The van der Waals surface area contributed by atoms with Crippen LogP contribution in [0.3, 0.4) is 0 Å². The lowest BCUT2D eigenvalue weighted by atomic mass is 10.2. The van der Waals surface area contributed by atoms with Crippen LogP contribution in [0.1, 0.15) is 12.5 Å². The number of hydrogen-bond acceptors (Lipinski definition) is 3. The number of halogens is 1. The number of hydrogen-bond donors (Lipinski definition) is 2. The van der Waals surface area contributed by atoms with E-state index >= 15 is 0 Å². The summed E-state index contributed by atoms with van der Waals surface area (Å²) in [5.41, 5.74) is 1.54. The maximum absolute atomic E-state index is 12.4. The van der Waals surface area contributed by atoms with Crippen LogP contribution in [0.2, 0.25) is 5.02 Å². The van der Waals surface area contributed by atoms with Crippen molar-refractivity contribution in [3.63, 3.8) is 0 Å². The third kappa shape index (κ3) is 3.78. The lowest BCUT2D eigenvalue weighted by molar-refractivity contribution is -0.114. The molecule has 2 N–H and O–H groups in total. The van der Waals surface area contributed by atoms with Gasteiger partial charge in [-0.2, -0.15) is 0 Å². The van der Waals surface area contributed by atoms with Crippen molar-refractivity contribution in [3.8, 4) is 0 Å². The number of anilines is 2. The molecule has 7 heteroatoms. The number of nitrogens with one attached hydrogen (secondary N) is 2. The number of sulfonamides is 1. The van der Waals surface area contributed by atoms with Crippen molar-refractivity contribution >= 4 is 38.9 Å². The number of carbonyl (C=O) groups excluding carboxylic acids is 1. The van der Waals surface area contributed by atoms with Crippen molar-refractivity contribution in [2.24, 2.45) is 0 Å². The van der Waals surface area contributed by atoms with Gasteiger partial charge in [0, 0.05) is 12.6 Å². The maximum Gasteiger partial charge on any atom is 0.261 e. The number of benzene rings is 2. The molecule has 0 saturated heterocycles. The molecule has 0 aliphatic rings. The van der Waals surface area contributed by atoms with Crippen LogP contribution >= 0.6 is 11.6 Å². The molecular formula is C15H15ClN2O3S. The fourth-order valence-electron chi connectivity index (χ4n) is 1.88. The van der Waals surface area contributed by atoms with Gasteiger partial charge in [-0.25, -0.2) is 8.42 Å². The Bertz CT molecular complexity index is 819. The van der Waals surface area contributed by atoms with Crippen LogP contribution in [0.25, 0.3) is 0 Å². The first kappa shape index (κ1) is 16.3. The number of rotatable bonds is 4. The predicted octanol–water partition coefficient (Wildman–Crippen LogP) is 3.41. The van der Waals surface area contributed by atoms with Gasteiger partial charge in [0.1, 0.15) is 0 Å². The highest BCUT2D eigenvalue weighted by molar-refractivity contribution is 7.92. The number of amides is 1. The van der Waals surface area contributed by atoms with E-state index in [0.717, 1.165) is 0 Å². The van der Waals surface area contributed by atoms with Crippen LogP contribution in [0.5, 0.6) is 0 Å². The van der Waals surface area contributed by atoms with Crippen LogP contribution < -0.4 is 10.0 Å². The van der Waals surface area contributed by atoms with Crippen molar-refractivity contribution in [1.29, 1.82) is 0 Å². The molecule has 0 heterocycles. The van der Waals surface area contributed by atoms with Crippen LogP contribution in [-0.4, -0.2) is 14.3 Å². The van der Waals surface area contributed by atoms with Crippen LogP contribution in [0.4, 0.5) is 11.4 Å². The molecule has 22 heavy (non-hydrogen) atoms. The SMILES string of the molecule is CC(=O)Nc1ccc(S(=O)(=O)Nc2ccccc2Cl)cc1C. The molecule has 0 spiro atoms. The van der Waals surface area contributed by atoms with Crippen LogP contribution in [-0.2, 0) is 14.8 Å². The normalized spacial score (nSPS) is 11.0. The lowest BCUT2D eigenvalue weighted by Crippen LogP contribution is -2.14. The third-order valence-electron chi connectivity index (χ3n) is 2.94. The third-order valence-corrected chi connectivity index (χ3v) is 4.63. The summed E-state index contributed by atoms with van der Waals surface area (Å²) < 4.78 is 27.2. The van der Waals surface area contributed by atoms with Crippen molar-refractivity contribution in [3.05, 3.63) is 53.1 Å². The van der Waals surface area contributed by atoms with Gasteiger partial charge in [0.05, 0.1) is 15.6 Å². The molecule has 0 bridgehead atoms. The Morgan fingerprint density at radius 2 is 1.77 bits per heavy atom. The van der Waals surface area contributed by atoms with Crippen LogP contribution in [0, 0.1) is 6.92 Å². The first-order chi connectivity index (χ1) is 10.3. The van der Waals surface area contributed by atoms with E-state index in [1.165, 1.54) is 19.1 Å². The number of carbonyl (C=O) groups is 1. The molecule has 0 aromatic heterocycles. The van der Waals surface area contributed by atoms with Gasteiger partial charge < -0.3 is 5.32 Å². The summed E-state index contributed by atoms with van der Waals surface area (Å²) in [4.78, 5) is 11.2. The molecule has 0 atom stereocenters. The highest BCUT2D eigenvalue weighted by Gasteiger charge is 2.16. The van der Waals surface area contributed by atoms with E-state index in [9.17, 15) is 13.2 Å². The first-order valence-corrected chi connectivity index (χ1v) is 8.31. The molecule has 2 aromatic rings.